The number of nitrogens with zero attached hydrogens (tertiary/aromatic N) is 2. The number of aromatic nitrogens is 2. The van der Waals surface area contributed by atoms with E-state index >= 15 is 0 Å². The van der Waals surface area contributed by atoms with E-state index in [1.54, 1.807) is 4.57 Å². The molecule has 0 saturated carbocycles. The van der Waals surface area contributed by atoms with E-state index in [2.05, 4.69) is 108 Å². The highest BCUT2D eigenvalue weighted by Crippen LogP contribution is 2.44. The van der Waals surface area contributed by atoms with Crippen molar-refractivity contribution in [3.8, 4) is 27.9 Å². The van der Waals surface area contributed by atoms with Crippen molar-refractivity contribution in [3.05, 3.63) is 145 Å². The molecule has 0 bridgehead atoms. The van der Waals surface area contributed by atoms with Gasteiger partial charge in [-0.05, 0) is 91.8 Å². The van der Waals surface area contributed by atoms with Crippen molar-refractivity contribution in [1.82, 2.24) is 9.55 Å². The molecule has 0 N–H and O–H groups in total. The molecule has 0 aliphatic carbocycles. The van der Waals surface area contributed by atoms with Crippen LogP contribution in [0.2, 0.25) is 0 Å². The SMILES string of the molecule is [2H]C([2H])([2H])c1nc2ccccc2n1-c1cccc(-c2c3ccccc3c(-c3ccc4ccccc4c3)c3ccccc23)c1. The molecular weight excluding hydrogens is 484 g/mol. The number of para-hydroxylation sites is 2. The van der Waals surface area contributed by atoms with E-state index in [9.17, 15) is 0 Å². The summed E-state index contributed by atoms with van der Waals surface area (Å²) in [6, 6.07) is 48.1. The predicted octanol–water partition coefficient (Wildman–Crippen LogP) is 10.1. The third-order valence-electron chi connectivity index (χ3n) is 7.92. The zero-order valence-electron chi connectivity index (χ0n) is 24.7. The van der Waals surface area contributed by atoms with E-state index < -0.39 is 6.85 Å². The summed E-state index contributed by atoms with van der Waals surface area (Å²) in [6.45, 7) is -2.37. The Balaban J connectivity index is 1.42. The van der Waals surface area contributed by atoms with Crippen LogP contribution < -0.4 is 0 Å². The maximum absolute atomic E-state index is 8.23. The lowest BCUT2D eigenvalue weighted by molar-refractivity contribution is 1.00. The second kappa shape index (κ2) is 8.93. The summed E-state index contributed by atoms with van der Waals surface area (Å²) in [5.74, 6) is 0.0622. The zero-order valence-corrected chi connectivity index (χ0v) is 21.7. The van der Waals surface area contributed by atoms with Gasteiger partial charge in [0.2, 0.25) is 0 Å². The maximum Gasteiger partial charge on any atom is 0.111 e. The van der Waals surface area contributed by atoms with Crippen LogP contribution in [0.4, 0.5) is 0 Å². The van der Waals surface area contributed by atoms with Crippen molar-refractivity contribution < 1.29 is 4.11 Å². The highest BCUT2D eigenvalue weighted by Gasteiger charge is 2.17. The quantitative estimate of drug-likeness (QED) is 0.215. The highest BCUT2D eigenvalue weighted by molar-refractivity contribution is 6.21. The van der Waals surface area contributed by atoms with Crippen LogP contribution in [0.1, 0.15) is 9.94 Å². The number of imidazole rings is 1. The molecule has 0 unspecified atom stereocenters. The van der Waals surface area contributed by atoms with Gasteiger partial charge in [-0.2, -0.15) is 0 Å². The third-order valence-corrected chi connectivity index (χ3v) is 7.92. The molecule has 2 heteroatoms. The first-order valence-corrected chi connectivity index (χ1v) is 13.5. The standard InChI is InChI=1S/C38H26N2/c1-25-39-35-19-8-9-20-36(35)40(25)30-14-10-13-28(24-30)37-31-15-4-6-17-33(31)38(34-18-7-5-16-32(34)37)29-22-21-26-11-2-3-12-27(26)23-29/h2-24H,1H3/i1D3. The topological polar surface area (TPSA) is 17.8 Å². The van der Waals surface area contributed by atoms with E-state index in [0.29, 0.717) is 5.52 Å². The molecule has 40 heavy (non-hydrogen) atoms. The van der Waals surface area contributed by atoms with Gasteiger partial charge in [0.25, 0.3) is 0 Å². The number of hydrogen-bond acceptors (Lipinski definition) is 1. The fourth-order valence-electron chi connectivity index (χ4n) is 6.18. The largest absolute Gasteiger partial charge is 0.297 e. The minimum absolute atomic E-state index is 0.0622. The second-order valence-electron chi connectivity index (χ2n) is 10.2. The summed E-state index contributed by atoms with van der Waals surface area (Å²) < 4.78 is 26.5. The van der Waals surface area contributed by atoms with Crippen LogP contribution in [-0.4, -0.2) is 9.55 Å². The molecule has 0 atom stereocenters. The Kier molecular flexibility index (Phi) is 4.42. The molecule has 0 amide bonds. The molecular formula is C38H26N2. The predicted molar refractivity (Wildman–Crippen MR) is 169 cm³/mol. The average molecular weight is 514 g/mol. The first-order chi connectivity index (χ1) is 21.0. The van der Waals surface area contributed by atoms with Crippen molar-refractivity contribution in [2.24, 2.45) is 0 Å². The summed E-state index contributed by atoms with van der Waals surface area (Å²) in [5, 5.41) is 7.07. The Morgan fingerprint density at radius 1 is 0.525 bits per heavy atom. The van der Waals surface area contributed by atoms with Crippen LogP contribution in [0.25, 0.3) is 71.3 Å². The zero-order chi connectivity index (χ0) is 29.1. The van der Waals surface area contributed by atoms with Crippen molar-refractivity contribution in [3.63, 3.8) is 0 Å². The van der Waals surface area contributed by atoms with E-state index in [4.69, 9.17) is 4.11 Å². The smallest absolute Gasteiger partial charge is 0.111 e. The van der Waals surface area contributed by atoms with Gasteiger partial charge >= 0.3 is 0 Å². The second-order valence-corrected chi connectivity index (χ2v) is 10.2. The molecule has 1 heterocycles. The van der Waals surface area contributed by atoms with Crippen LogP contribution in [0.3, 0.4) is 0 Å². The van der Waals surface area contributed by atoms with Crippen molar-refractivity contribution >= 4 is 43.4 Å². The van der Waals surface area contributed by atoms with Crippen LogP contribution in [0.5, 0.6) is 0 Å². The van der Waals surface area contributed by atoms with E-state index in [0.717, 1.165) is 33.1 Å². The van der Waals surface area contributed by atoms with Gasteiger partial charge in [0.1, 0.15) is 5.82 Å². The van der Waals surface area contributed by atoms with E-state index in [1.165, 1.54) is 32.7 Å². The summed E-state index contributed by atoms with van der Waals surface area (Å²) >= 11 is 0. The lowest BCUT2D eigenvalue weighted by Gasteiger charge is -2.18. The van der Waals surface area contributed by atoms with Crippen molar-refractivity contribution in [2.75, 3.05) is 0 Å². The van der Waals surface area contributed by atoms with Gasteiger partial charge in [0.05, 0.1) is 11.0 Å². The molecule has 1 aromatic heterocycles. The first-order valence-electron chi connectivity index (χ1n) is 15.0. The maximum atomic E-state index is 8.23. The van der Waals surface area contributed by atoms with Gasteiger partial charge in [-0.1, -0.05) is 109 Å². The fraction of sp³-hybridized carbons (Fsp3) is 0.0263. The minimum atomic E-state index is -2.37. The summed E-state index contributed by atoms with van der Waals surface area (Å²) in [4.78, 5) is 4.53. The van der Waals surface area contributed by atoms with Gasteiger partial charge in [-0.25, -0.2) is 4.98 Å². The molecule has 8 aromatic rings. The Hall–Kier alpha value is -5.21. The van der Waals surface area contributed by atoms with Crippen LogP contribution in [0.15, 0.2) is 140 Å². The number of aryl methyl sites for hydroxylation is 1. The number of fused-ring (bicyclic) bond motifs is 4. The molecule has 188 valence electrons. The van der Waals surface area contributed by atoms with E-state index in [-0.39, 0.29) is 5.82 Å². The molecule has 0 fully saturated rings. The Morgan fingerprint density at radius 2 is 1.12 bits per heavy atom. The monoisotopic (exact) mass is 513 g/mol. The van der Waals surface area contributed by atoms with Gasteiger partial charge in [-0.3, -0.25) is 4.57 Å². The van der Waals surface area contributed by atoms with Crippen molar-refractivity contribution in [2.45, 2.75) is 6.85 Å². The fourth-order valence-corrected chi connectivity index (χ4v) is 6.18. The number of benzene rings is 7. The van der Waals surface area contributed by atoms with Crippen LogP contribution in [-0.2, 0) is 0 Å². The van der Waals surface area contributed by atoms with Crippen molar-refractivity contribution in [1.29, 1.82) is 0 Å². The van der Waals surface area contributed by atoms with Gasteiger partial charge in [0.15, 0.2) is 0 Å². The lowest BCUT2D eigenvalue weighted by Crippen LogP contribution is -1.97. The molecule has 0 aliphatic heterocycles. The Bertz CT molecular complexity index is 2290. The summed E-state index contributed by atoms with van der Waals surface area (Å²) in [6.07, 6.45) is 0. The normalized spacial score (nSPS) is 13.1. The molecule has 0 spiro atoms. The van der Waals surface area contributed by atoms with Crippen LogP contribution >= 0.6 is 0 Å². The third kappa shape index (κ3) is 3.47. The average Bonchev–Trinajstić information content (AvgIpc) is 3.44. The first kappa shape index (κ1) is 19.8. The molecule has 7 aromatic carbocycles. The summed E-state index contributed by atoms with van der Waals surface area (Å²) in [7, 11) is 0. The van der Waals surface area contributed by atoms with Crippen LogP contribution in [0, 0.1) is 6.85 Å². The minimum Gasteiger partial charge on any atom is -0.297 e. The van der Waals surface area contributed by atoms with Gasteiger partial charge in [-0.15, -0.1) is 0 Å². The molecule has 2 nitrogen and oxygen atoms in total. The van der Waals surface area contributed by atoms with Gasteiger partial charge in [0, 0.05) is 9.80 Å². The number of rotatable bonds is 3. The molecule has 0 aliphatic rings. The highest BCUT2D eigenvalue weighted by atomic mass is 15.1. The number of hydrogen-bond donors (Lipinski definition) is 0. The Labute approximate surface area is 237 Å². The lowest BCUT2D eigenvalue weighted by atomic mass is 9.85. The summed E-state index contributed by atoms with van der Waals surface area (Å²) in [5.41, 5.74) is 6.73. The van der Waals surface area contributed by atoms with E-state index in [1.807, 2.05) is 36.4 Å². The Morgan fingerprint density at radius 3 is 1.82 bits per heavy atom. The molecule has 0 radical (unpaired) electrons. The van der Waals surface area contributed by atoms with Gasteiger partial charge < -0.3 is 0 Å². The molecule has 8 rings (SSSR count). The molecule has 0 saturated heterocycles.